The number of hydrogen-bond acceptors (Lipinski definition) is 15. The third-order valence-corrected chi connectivity index (χ3v) is 13.1. The highest BCUT2D eigenvalue weighted by Gasteiger charge is 2.57. The maximum atomic E-state index is 17.6. The van der Waals surface area contributed by atoms with Gasteiger partial charge < -0.3 is 28.6 Å². The number of esters is 2. The van der Waals surface area contributed by atoms with Crippen molar-refractivity contribution in [3.8, 4) is 11.5 Å². The van der Waals surface area contributed by atoms with Crippen molar-refractivity contribution in [1.29, 1.82) is 0 Å². The molecule has 344 valence electrons. The van der Waals surface area contributed by atoms with Gasteiger partial charge in [-0.1, -0.05) is 73.7 Å². The Labute approximate surface area is 371 Å². The Bertz CT molecular complexity index is 2420. The second-order valence-corrected chi connectivity index (χ2v) is 19.2. The van der Waals surface area contributed by atoms with Crippen LogP contribution in [0.25, 0.3) is 11.2 Å². The van der Waals surface area contributed by atoms with Crippen molar-refractivity contribution in [2.75, 3.05) is 18.5 Å². The van der Waals surface area contributed by atoms with Gasteiger partial charge in [0.15, 0.2) is 29.4 Å². The molecule has 1 fully saturated rings. The number of rotatable bonds is 22. The van der Waals surface area contributed by atoms with E-state index in [0.29, 0.717) is 17.9 Å². The maximum Gasteiger partial charge on any atom is 0.459 e. The molecule has 1 aliphatic rings. The molecule has 1 saturated heterocycles. The Kier molecular flexibility index (Phi) is 15.9. The summed E-state index contributed by atoms with van der Waals surface area (Å²) in [4.78, 5) is 39.1. The summed E-state index contributed by atoms with van der Waals surface area (Å²) in [6.07, 6.45) is -3.09. The van der Waals surface area contributed by atoms with Crippen molar-refractivity contribution in [2.24, 2.45) is 5.41 Å². The number of ether oxygens (including phenoxy) is 3. The number of hydrogen-bond donors (Lipinski definition) is 3. The summed E-state index contributed by atoms with van der Waals surface area (Å²) in [5.74, 6) is -0.812. The standard InChI is InChI=1S/C43H54FN7O11P2/c1-28(2)58-41(52)30(5)49-63(54,61-33-19-13-9-14-20-33)56-24-35-43(7,25-57-64(55,62-34-21-15-10-16-22-34)50-31(6)42(53)59-29(3)4)37(44)40(60-35)51-27-48-36-38(46-26-47-39(36)51)45-23-32-17-11-8-12-18-32/h8-22,26-31,35,37,40H,23-25H2,1-7H3,(H,49,54)(H,50,55)(H,45,46,47)/t30-,31-,35+,37?,40+,43?,63?,64?/m0/s1. The third-order valence-electron chi connectivity index (χ3n) is 9.85. The summed E-state index contributed by atoms with van der Waals surface area (Å²) in [6, 6.07) is 23.4. The average molecular weight is 926 g/mol. The third kappa shape index (κ3) is 12.3. The predicted octanol–water partition coefficient (Wildman–Crippen LogP) is 7.95. The molecule has 3 N–H and O–H groups in total. The van der Waals surface area contributed by atoms with Gasteiger partial charge in [-0.3, -0.25) is 23.2 Å². The predicted molar refractivity (Wildman–Crippen MR) is 235 cm³/mol. The van der Waals surface area contributed by atoms with Crippen LogP contribution in [0.15, 0.2) is 104 Å². The smallest absolute Gasteiger partial charge is 0.459 e. The first-order valence-electron chi connectivity index (χ1n) is 20.7. The number of para-hydroxylation sites is 2. The van der Waals surface area contributed by atoms with E-state index in [9.17, 15) is 18.7 Å². The summed E-state index contributed by atoms with van der Waals surface area (Å²) in [6.45, 7) is 10.1. The van der Waals surface area contributed by atoms with Gasteiger partial charge in [-0.25, -0.2) is 28.5 Å². The average Bonchev–Trinajstić information content (AvgIpc) is 3.80. The van der Waals surface area contributed by atoms with Gasteiger partial charge in [0.1, 0.15) is 29.9 Å². The number of carbonyl (C=O) groups is 2. The van der Waals surface area contributed by atoms with Crippen LogP contribution >= 0.6 is 15.5 Å². The van der Waals surface area contributed by atoms with Crippen LogP contribution in [0.4, 0.5) is 10.2 Å². The highest BCUT2D eigenvalue weighted by atomic mass is 31.2. The molecule has 0 amide bonds. The molecule has 0 bridgehead atoms. The molecule has 0 aliphatic carbocycles. The van der Waals surface area contributed by atoms with E-state index in [4.69, 9.17) is 32.3 Å². The minimum absolute atomic E-state index is 0.126. The van der Waals surface area contributed by atoms with E-state index >= 15 is 4.39 Å². The zero-order chi connectivity index (χ0) is 46.1. The minimum atomic E-state index is -4.55. The fourth-order valence-corrected chi connectivity index (χ4v) is 9.61. The Morgan fingerprint density at radius 1 is 0.766 bits per heavy atom. The van der Waals surface area contributed by atoms with Crippen molar-refractivity contribution < 1.29 is 55.4 Å². The van der Waals surface area contributed by atoms with E-state index in [0.717, 1.165) is 5.56 Å². The molecular weight excluding hydrogens is 871 g/mol. The molecule has 8 atom stereocenters. The highest BCUT2D eigenvalue weighted by molar-refractivity contribution is 7.52. The Morgan fingerprint density at radius 3 is 1.81 bits per heavy atom. The summed E-state index contributed by atoms with van der Waals surface area (Å²) in [5, 5.41) is 8.51. The molecule has 2 aromatic heterocycles. The first-order chi connectivity index (χ1) is 30.5. The molecule has 0 spiro atoms. The number of aromatic nitrogens is 4. The van der Waals surface area contributed by atoms with E-state index < -0.39 is 88.9 Å². The van der Waals surface area contributed by atoms with Crippen molar-refractivity contribution >= 4 is 44.4 Å². The van der Waals surface area contributed by atoms with Crippen LogP contribution in [0.1, 0.15) is 60.3 Å². The highest BCUT2D eigenvalue weighted by Crippen LogP contribution is 2.53. The molecular formula is C43H54FN7O11P2. The Balaban J connectivity index is 1.34. The number of alkyl halides is 1. The summed E-state index contributed by atoms with van der Waals surface area (Å²) < 4.78 is 89.1. The molecule has 1 aliphatic heterocycles. The quantitative estimate of drug-likeness (QED) is 0.0444. The van der Waals surface area contributed by atoms with E-state index in [1.165, 1.54) is 62.3 Å². The van der Waals surface area contributed by atoms with Crippen LogP contribution in [-0.2, 0) is 48.5 Å². The molecule has 0 saturated carbocycles. The van der Waals surface area contributed by atoms with Crippen molar-refractivity contribution in [3.05, 3.63) is 109 Å². The minimum Gasteiger partial charge on any atom is -0.462 e. The number of nitrogens with one attached hydrogen (secondary N) is 3. The SMILES string of the molecule is CC(C)OC(=O)[C@H](C)NP(=O)(OC[C@H]1O[C@@H](n2cnc3c(NCc4ccccc4)ncnc32)C(F)C1(C)COP(=O)(N[C@@H](C)C(=O)OC(C)C)Oc1ccccc1)Oc1ccccc1. The number of anilines is 1. The fraction of sp³-hybridized carbons (Fsp3) is 0.419. The van der Waals surface area contributed by atoms with Gasteiger partial charge in [0, 0.05) is 6.54 Å². The molecule has 6 rings (SSSR count). The van der Waals surface area contributed by atoms with Gasteiger partial charge in [0.05, 0.1) is 43.3 Å². The molecule has 3 heterocycles. The van der Waals surface area contributed by atoms with Gasteiger partial charge in [-0.05, 0) is 71.4 Å². The van der Waals surface area contributed by atoms with Crippen molar-refractivity contribution in [2.45, 2.75) is 97.8 Å². The monoisotopic (exact) mass is 925 g/mol. The van der Waals surface area contributed by atoms with E-state index in [2.05, 4.69) is 30.4 Å². The first-order valence-corrected chi connectivity index (χ1v) is 23.8. The maximum absolute atomic E-state index is 17.6. The summed E-state index contributed by atoms with van der Waals surface area (Å²) in [5.41, 5.74) is -0.260. The number of halogens is 1. The van der Waals surface area contributed by atoms with Crippen molar-refractivity contribution in [3.63, 3.8) is 0 Å². The van der Waals surface area contributed by atoms with E-state index in [1.807, 2.05) is 30.3 Å². The van der Waals surface area contributed by atoms with Crippen LogP contribution < -0.4 is 24.5 Å². The van der Waals surface area contributed by atoms with Crippen LogP contribution in [-0.4, -0.2) is 81.2 Å². The second-order valence-electron chi connectivity index (χ2n) is 15.9. The molecule has 64 heavy (non-hydrogen) atoms. The van der Waals surface area contributed by atoms with Crippen LogP contribution in [0.2, 0.25) is 0 Å². The second kappa shape index (κ2) is 21.2. The largest absolute Gasteiger partial charge is 0.462 e. The Morgan fingerprint density at radius 2 is 1.28 bits per heavy atom. The normalized spacial score (nSPS) is 21.4. The molecule has 5 aromatic rings. The van der Waals surface area contributed by atoms with Gasteiger partial charge in [0.2, 0.25) is 0 Å². The number of fused-ring (bicyclic) bond motifs is 1. The molecule has 0 radical (unpaired) electrons. The molecule has 18 nitrogen and oxygen atoms in total. The summed E-state index contributed by atoms with van der Waals surface area (Å²) in [7, 11) is -9.05. The lowest BCUT2D eigenvalue weighted by molar-refractivity contribution is -0.150. The molecule has 4 unspecified atom stereocenters. The van der Waals surface area contributed by atoms with E-state index in [-0.39, 0.29) is 17.1 Å². The summed E-state index contributed by atoms with van der Waals surface area (Å²) >= 11 is 0. The number of imidazole rings is 1. The fourth-order valence-electron chi connectivity index (χ4n) is 6.51. The Hall–Kier alpha value is -5.26. The zero-order valence-corrected chi connectivity index (χ0v) is 38.3. The van der Waals surface area contributed by atoms with E-state index in [1.54, 1.807) is 64.1 Å². The number of nitrogens with zero attached hydrogens (tertiary/aromatic N) is 4. The lowest BCUT2D eigenvalue weighted by Gasteiger charge is -2.33. The number of carbonyl (C=O) groups excluding carboxylic acids is 2. The zero-order valence-electron chi connectivity index (χ0n) is 36.5. The van der Waals surface area contributed by atoms with Crippen molar-refractivity contribution in [1.82, 2.24) is 29.7 Å². The van der Waals surface area contributed by atoms with Crippen LogP contribution in [0, 0.1) is 5.41 Å². The lowest BCUT2D eigenvalue weighted by atomic mass is 9.82. The lowest BCUT2D eigenvalue weighted by Crippen LogP contribution is -2.43. The van der Waals surface area contributed by atoms with Crippen LogP contribution in [0.5, 0.6) is 11.5 Å². The van der Waals surface area contributed by atoms with Crippen LogP contribution in [0.3, 0.4) is 0 Å². The molecule has 3 aromatic carbocycles. The van der Waals surface area contributed by atoms with Gasteiger partial charge in [-0.2, -0.15) is 10.2 Å². The van der Waals surface area contributed by atoms with Gasteiger partial charge in [0.25, 0.3) is 0 Å². The molecule has 21 heteroatoms. The number of benzene rings is 3. The topological polar surface area (TPSA) is 213 Å². The van der Waals surface area contributed by atoms with Gasteiger partial charge in [-0.15, -0.1) is 0 Å². The first kappa shape index (κ1) is 48.2. The van der Waals surface area contributed by atoms with Gasteiger partial charge >= 0.3 is 27.4 Å².